The van der Waals surface area contributed by atoms with Crippen molar-refractivity contribution in [1.29, 1.82) is 0 Å². The molecular formula is C18H18O2. The normalized spacial score (nSPS) is 14.6. The number of Topliss-reactive ketones (excluding diaryl/α,β-unsaturated/α-hetero) is 1. The van der Waals surface area contributed by atoms with Crippen LogP contribution in [-0.2, 0) is 0 Å². The molecule has 3 rings (SSSR count). The van der Waals surface area contributed by atoms with Crippen LogP contribution in [0.2, 0.25) is 0 Å². The summed E-state index contributed by atoms with van der Waals surface area (Å²) >= 11 is 0. The van der Waals surface area contributed by atoms with Crippen molar-refractivity contribution in [1.82, 2.24) is 0 Å². The van der Waals surface area contributed by atoms with E-state index in [1.165, 1.54) is 24.8 Å². The topological polar surface area (TPSA) is 26.3 Å². The van der Waals surface area contributed by atoms with E-state index in [0.29, 0.717) is 5.92 Å². The first-order valence-electron chi connectivity index (χ1n) is 7.14. The van der Waals surface area contributed by atoms with Crippen LogP contribution in [0.4, 0.5) is 0 Å². The molecule has 0 spiro atoms. The van der Waals surface area contributed by atoms with Gasteiger partial charge in [0, 0.05) is 5.56 Å². The summed E-state index contributed by atoms with van der Waals surface area (Å²) in [6.07, 6.45) is 3.89. The Morgan fingerprint density at radius 2 is 1.70 bits per heavy atom. The third-order valence-corrected chi connectivity index (χ3v) is 3.92. The fraction of sp³-hybridized carbons (Fsp3) is 0.278. The molecule has 0 saturated heterocycles. The summed E-state index contributed by atoms with van der Waals surface area (Å²) in [5, 5.41) is 0. The van der Waals surface area contributed by atoms with E-state index in [4.69, 9.17) is 4.74 Å². The van der Waals surface area contributed by atoms with Gasteiger partial charge >= 0.3 is 0 Å². The van der Waals surface area contributed by atoms with Crippen molar-refractivity contribution in [3.8, 4) is 5.75 Å². The number of hydrogen-bond acceptors (Lipinski definition) is 2. The Kier molecular flexibility index (Phi) is 3.82. The van der Waals surface area contributed by atoms with Gasteiger partial charge in [-0.2, -0.15) is 0 Å². The van der Waals surface area contributed by atoms with Gasteiger partial charge in [0.05, 0.1) is 0 Å². The molecule has 0 radical (unpaired) electrons. The molecule has 0 aliphatic heterocycles. The molecule has 2 heteroatoms. The Hall–Kier alpha value is -2.09. The maximum absolute atomic E-state index is 12.1. The number of rotatable bonds is 5. The molecule has 102 valence electrons. The van der Waals surface area contributed by atoms with Gasteiger partial charge < -0.3 is 4.74 Å². The smallest absolute Gasteiger partial charge is 0.200 e. The molecule has 0 unspecified atom stereocenters. The number of carbonyl (C=O) groups is 1. The van der Waals surface area contributed by atoms with Crippen molar-refractivity contribution in [3.05, 3.63) is 65.7 Å². The lowest BCUT2D eigenvalue weighted by molar-refractivity contribution is 0.0921. The zero-order valence-corrected chi connectivity index (χ0v) is 11.4. The van der Waals surface area contributed by atoms with Gasteiger partial charge in [-0.3, -0.25) is 4.79 Å². The van der Waals surface area contributed by atoms with E-state index >= 15 is 0 Å². The third kappa shape index (κ3) is 2.90. The van der Waals surface area contributed by atoms with Gasteiger partial charge in [0.2, 0.25) is 0 Å². The Balaban J connectivity index is 1.59. The predicted octanol–water partition coefficient (Wildman–Crippen LogP) is 4.22. The Morgan fingerprint density at radius 1 is 1.00 bits per heavy atom. The molecular weight excluding hydrogens is 248 g/mol. The standard InChI is InChI=1S/C18H18O2/c19-18(13-20-17-7-2-1-3-8-17)16-11-9-15(10-12-16)14-5-4-6-14/h1-3,7-12,14H,4-6,13H2. The molecule has 20 heavy (non-hydrogen) atoms. The zero-order valence-electron chi connectivity index (χ0n) is 11.4. The molecule has 0 atom stereocenters. The molecule has 0 heterocycles. The molecule has 0 aromatic heterocycles. The summed E-state index contributed by atoms with van der Waals surface area (Å²) in [4.78, 5) is 12.1. The van der Waals surface area contributed by atoms with E-state index in [9.17, 15) is 4.79 Å². The van der Waals surface area contributed by atoms with Gasteiger partial charge in [0.1, 0.15) is 5.75 Å². The minimum Gasteiger partial charge on any atom is -0.485 e. The van der Waals surface area contributed by atoms with Crippen molar-refractivity contribution < 1.29 is 9.53 Å². The Bertz CT molecular complexity index is 568. The molecule has 0 amide bonds. The second-order valence-electron chi connectivity index (χ2n) is 5.27. The number of para-hydroxylation sites is 1. The number of carbonyl (C=O) groups excluding carboxylic acids is 1. The van der Waals surface area contributed by atoms with E-state index in [1.807, 2.05) is 42.5 Å². The number of benzene rings is 2. The van der Waals surface area contributed by atoms with Crippen LogP contribution >= 0.6 is 0 Å². The number of ether oxygens (including phenoxy) is 1. The second-order valence-corrected chi connectivity index (χ2v) is 5.27. The lowest BCUT2D eigenvalue weighted by Gasteiger charge is -2.25. The van der Waals surface area contributed by atoms with Crippen LogP contribution in [0, 0.1) is 0 Å². The van der Waals surface area contributed by atoms with Crippen LogP contribution in [0.15, 0.2) is 54.6 Å². The van der Waals surface area contributed by atoms with Crippen molar-refractivity contribution in [2.24, 2.45) is 0 Å². The average molecular weight is 266 g/mol. The Morgan fingerprint density at radius 3 is 2.30 bits per heavy atom. The van der Waals surface area contributed by atoms with Gasteiger partial charge in [-0.15, -0.1) is 0 Å². The molecule has 0 N–H and O–H groups in total. The molecule has 1 saturated carbocycles. The van der Waals surface area contributed by atoms with Crippen LogP contribution in [0.3, 0.4) is 0 Å². The van der Waals surface area contributed by atoms with Gasteiger partial charge in [0.15, 0.2) is 12.4 Å². The first kappa shape index (κ1) is 12.9. The minimum absolute atomic E-state index is 0.0222. The summed E-state index contributed by atoms with van der Waals surface area (Å²) in [6.45, 7) is 0.0901. The third-order valence-electron chi connectivity index (χ3n) is 3.92. The van der Waals surface area contributed by atoms with Crippen LogP contribution in [-0.4, -0.2) is 12.4 Å². The van der Waals surface area contributed by atoms with Crippen molar-refractivity contribution in [2.45, 2.75) is 25.2 Å². The van der Waals surface area contributed by atoms with E-state index in [-0.39, 0.29) is 12.4 Å². The molecule has 2 nitrogen and oxygen atoms in total. The van der Waals surface area contributed by atoms with Crippen LogP contribution in [0.1, 0.15) is 41.1 Å². The van der Waals surface area contributed by atoms with Crippen LogP contribution in [0.25, 0.3) is 0 Å². The lowest BCUT2D eigenvalue weighted by Crippen LogP contribution is -2.12. The summed E-state index contributed by atoms with van der Waals surface area (Å²) in [7, 11) is 0. The molecule has 1 aliphatic carbocycles. The molecule has 2 aromatic carbocycles. The van der Waals surface area contributed by atoms with Crippen molar-refractivity contribution >= 4 is 5.78 Å². The fourth-order valence-corrected chi connectivity index (χ4v) is 2.43. The van der Waals surface area contributed by atoms with E-state index in [0.717, 1.165) is 11.3 Å². The maximum atomic E-state index is 12.1. The molecule has 0 bridgehead atoms. The molecule has 1 fully saturated rings. The first-order chi connectivity index (χ1) is 9.83. The lowest BCUT2D eigenvalue weighted by atomic mass is 9.80. The highest BCUT2D eigenvalue weighted by molar-refractivity contribution is 5.97. The summed E-state index contributed by atoms with van der Waals surface area (Å²) in [6, 6.07) is 17.4. The van der Waals surface area contributed by atoms with Gasteiger partial charge in [-0.1, -0.05) is 48.9 Å². The Labute approximate surface area is 119 Å². The van der Waals surface area contributed by atoms with Crippen molar-refractivity contribution in [2.75, 3.05) is 6.61 Å². The largest absolute Gasteiger partial charge is 0.485 e. The minimum atomic E-state index is 0.0222. The molecule has 2 aromatic rings. The van der Waals surface area contributed by atoms with Gasteiger partial charge in [0.25, 0.3) is 0 Å². The van der Waals surface area contributed by atoms with E-state index in [1.54, 1.807) is 0 Å². The summed E-state index contributed by atoms with van der Waals surface area (Å²) in [5.41, 5.74) is 2.08. The van der Waals surface area contributed by atoms with Crippen LogP contribution < -0.4 is 4.74 Å². The zero-order chi connectivity index (χ0) is 13.8. The predicted molar refractivity (Wildman–Crippen MR) is 79.3 cm³/mol. The van der Waals surface area contributed by atoms with Crippen LogP contribution in [0.5, 0.6) is 5.75 Å². The maximum Gasteiger partial charge on any atom is 0.200 e. The monoisotopic (exact) mass is 266 g/mol. The highest BCUT2D eigenvalue weighted by Crippen LogP contribution is 2.36. The first-order valence-corrected chi connectivity index (χ1v) is 7.14. The van der Waals surface area contributed by atoms with Gasteiger partial charge in [-0.25, -0.2) is 0 Å². The SMILES string of the molecule is O=C(COc1ccccc1)c1ccc(C2CCC2)cc1. The summed E-state index contributed by atoms with van der Waals surface area (Å²) < 4.78 is 5.48. The van der Waals surface area contributed by atoms with E-state index < -0.39 is 0 Å². The van der Waals surface area contributed by atoms with E-state index in [2.05, 4.69) is 12.1 Å². The van der Waals surface area contributed by atoms with Gasteiger partial charge in [-0.05, 0) is 36.5 Å². The fourth-order valence-electron chi connectivity index (χ4n) is 2.43. The highest BCUT2D eigenvalue weighted by Gasteiger charge is 2.19. The molecule has 1 aliphatic rings. The number of hydrogen-bond donors (Lipinski definition) is 0. The number of ketones is 1. The second kappa shape index (κ2) is 5.91. The highest BCUT2D eigenvalue weighted by atomic mass is 16.5. The summed E-state index contributed by atoms with van der Waals surface area (Å²) in [5.74, 6) is 1.46. The quantitative estimate of drug-likeness (QED) is 0.757. The van der Waals surface area contributed by atoms with Crippen molar-refractivity contribution in [3.63, 3.8) is 0 Å². The average Bonchev–Trinajstić information content (AvgIpc) is 2.45.